The van der Waals surface area contributed by atoms with E-state index in [2.05, 4.69) is 9.97 Å². The summed E-state index contributed by atoms with van der Waals surface area (Å²) in [5.74, 6) is -1.21. The van der Waals surface area contributed by atoms with Gasteiger partial charge in [-0.3, -0.25) is 0 Å². The number of hydrogen-bond acceptors (Lipinski definition) is 5. The van der Waals surface area contributed by atoms with Crippen LogP contribution in [0.5, 0.6) is 0 Å². The molecule has 0 bridgehead atoms. The summed E-state index contributed by atoms with van der Waals surface area (Å²) in [6, 6.07) is 5.36. The zero-order valence-corrected chi connectivity index (χ0v) is 15.3. The largest absolute Gasteiger partial charge is 0.390 e. The van der Waals surface area contributed by atoms with Gasteiger partial charge in [-0.15, -0.1) is 0 Å². The van der Waals surface area contributed by atoms with Gasteiger partial charge in [0.2, 0.25) is 0 Å². The lowest BCUT2D eigenvalue weighted by Gasteiger charge is -2.22. The van der Waals surface area contributed by atoms with Crippen LogP contribution in [0.2, 0.25) is 5.02 Å². The fourth-order valence-corrected chi connectivity index (χ4v) is 4.13. The average Bonchev–Trinajstić information content (AvgIpc) is 3.20. The van der Waals surface area contributed by atoms with Crippen LogP contribution in [0.1, 0.15) is 29.8 Å². The Kier molecular flexibility index (Phi) is 4.63. The number of halogens is 2. The molecule has 8 heteroatoms. The molecule has 6 nitrogen and oxygen atoms in total. The lowest BCUT2D eigenvalue weighted by atomic mass is 9.92. The molecule has 27 heavy (non-hydrogen) atoms. The lowest BCUT2D eigenvalue weighted by molar-refractivity contribution is -0.0264. The van der Waals surface area contributed by atoms with Gasteiger partial charge in [0.05, 0.1) is 29.0 Å². The van der Waals surface area contributed by atoms with E-state index < -0.39 is 36.1 Å². The minimum atomic E-state index is -1.14. The first-order chi connectivity index (χ1) is 12.9. The van der Waals surface area contributed by atoms with Gasteiger partial charge in [0, 0.05) is 17.5 Å². The van der Waals surface area contributed by atoms with E-state index in [9.17, 15) is 19.7 Å². The van der Waals surface area contributed by atoms with Gasteiger partial charge in [0.25, 0.3) is 0 Å². The summed E-state index contributed by atoms with van der Waals surface area (Å²) < 4.78 is 15.2. The molecule has 0 saturated heterocycles. The molecule has 1 aliphatic rings. The molecular weight excluding hydrogens is 373 g/mol. The predicted octanol–water partition coefficient (Wildman–Crippen LogP) is 2.55. The number of aliphatic hydroxyl groups is 3. The van der Waals surface area contributed by atoms with Crippen molar-refractivity contribution in [1.82, 2.24) is 14.5 Å². The molecule has 0 radical (unpaired) electrons. The van der Waals surface area contributed by atoms with Crippen LogP contribution in [0.3, 0.4) is 0 Å². The first-order valence-corrected chi connectivity index (χ1v) is 9.03. The van der Waals surface area contributed by atoms with Crippen LogP contribution in [-0.2, 0) is 0 Å². The van der Waals surface area contributed by atoms with E-state index in [4.69, 9.17) is 11.6 Å². The molecule has 1 aromatic carbocycles. The Morgan fingerprint density at radius 3 is 2.74 bits per heavy atom. The van der Waals surface area contributed by atoms with E-state index in [1.54, 1.807) is 6.20 Å². The molecule has 1 unspecified atom stereocenters. The van der Waals surface area contributed by atoms with Crippen molar-refractivity contribution in [3.05, 3.63) is 58.9 Å². The van der Waals surface area contributed by atoms with E-state index in [0.717, 1.165) is 11.1 Å². The fraction of sp³-hybridized carbons (Fsp3) is 0.368. The van der Waals surface area contributed by atoms with Crippen LogP contribution in [-0.4, -0.2) is 42.1 Å². The van der Waals surface area contributed by atoms with Gasteiger partial charge < -0.3 is 19.9 Å². The van der Waals surface area contributed by atoms with Gasteiger partial charge in [0.15, 0.2) is 0 Å². The van der Waals surface area contributed by atoms with Crippen molar-refractivity contribution in [2.45, 2.75) is 37.7 Å². The Hall–Kier alpha value is -2.06. The van der Waals surface area contributed by atoms with Crippen LogP contribution in [0, 0.1) is 18.7 Å². The zero-order chi connectivity index (χ0) is 19.3. The number of aliphatic hydroxyl groups excluding tert-OH is 3. The van der Waals surface area contributed by atoms with Crippen LogP contribution < -0.4 is 0 Å². The van der Waals surface area contributed by atoms with Crippen LogP contribution in [0.25, 0.3) is 11.0 Å². The van der Waals surface area contributed by atoms with Crippen molar-refractivity contribution in [3.63, 3.8) is 0 Å². The second-order valence-corrected chi connectivity index (χ2v) is 7.39. The summed E-state index contributed by atoms with van der Waals surface area (Å²) in [4.78, 5) is 8.45. The normalized spacial score (nSPS) is 26.6. The zero-order valence-electron chi connectivity index (χ0n) is 14.5. The van der Waals surface area contributed by atoms with Gasteiger partial charge in [-0.2, -0.15) is 0 Å². The SMILES string of the molecule is Cc1ncnc2c1ccn2[C@@H]1C[C@H](C(O)c2ccc(F)c(Cl)c2)[C@@H](O)[C@H]1O. The molecule has 3 aromatic rings. The third-order valence-electron chi connectivity index (χ3n) is 5.45. The second kappa shape index (κ2) is 6.83. The minimum absolute atomic E-state index is 0.0975. The van der Waals surface area contributed by atoms with Gasteiger partial charge in [-0.25, -0.2) is 14.4 Å². The molecule has 2 heterocycles. The molecule has 0 spiro atoms. The quantitative estimate of drug-likeness (QED) is 0.638. The number of nitrogens with zero attached hydrogens (tertiary/aromatic N) is 3. The van der Waals surface area contributed by atoms with Crippen molar-refractivity contribution >= 4 is 22.6 Å². The molecule has 2 aromatic heterocycles. The minimum Gasteiger partial charge on any atom is -0.390 e. The van der Waals surface area contributed by atoms with Crippen molar-refractivity contribution in [2.24, 2.45) is 5.92 Å². The molecule has 1 aliphatic carbocycles. The third kappa shape index (κ3) is 3.00. The van der Waals surface area contributed by atoms with Crippen LogP contribution >= 0.6 is 11.6 Å². The highest BCUT2D eigenvalue weighted by molar-refractivity contribution is 6.30. The van der Waals surface area contributed by atoms with E-state index in [1.807, 2.05) is 17.6 Å². The molecule has 0 aliphatic heterocycles. The van der Waals surface area contributed by atoms with Crippen molar-refractivity contribution < 1.29 is 19.7 Å². The molecule has 1 fully saturated rings. The summed E-state index contributed by atoms with van der Waals surface area (Å²) in [5.41, 5.74) is 1.89. The summed E-state index contributed by atoms with van der Waals surface area (Å²) in [6.07, 6.45) is 0.275. The number of hydrogen-bond donors (Lipinski definition) is 3. The van der Waals surface area contributed by atoms with E-state index in [-0.39, 0.29) is 5.02 Å². The molecular formula is C19H19ClFN3O3. The van der Waals surface area contributed by atoms with Gasteiger partial charge in [-0.1, -0.05) is 17.7 Å². The van der Waals surface area contributed by atoms with Crippen molar-refractivity contribution in [1.29, 1.82) is 0 Å². The number of rotatable bonds is 3. The standard InChI is InChI=1S/C19H19ClFN3O3/c1-9-11-4-5-24(19(11)23-8-22-9)15-7-12(17(26)18(15)27)16(25)10-2-3-14(21)13(20)6-10/h2-6,8,12,15-18,25-27H,7H2,1H3/t12-,15-,16?,17-,18+/m1/s1. The van der Waals surface area contributed by atoms with Crippen molar-refractivity contribution in [3.8, 4) is 0 Å². The predicted molar refractivity (Wildman–Crippen MR) is 97.8 cm³/mol. The molecule has 0 amide bonds. The average molecular weight is 392 g/mol. The second-order valence-electron chi connectivity index (χ2n) is 6.99. The molecule has 4 rings (SSSR count). The molecule has 5 atom stereocenters. The highest BCUT2D eigenvalue weighted by Crippen LogP contribution is 2.43. The fourth-order valence-electron chi connectivity index (χ4n) is 3.94. The maximum Gasteiger partial charge on any atom is 0.143 e. The Bertz CT molecular complexity index is 995. The highest BCUT2D eigenvalue weighted by Gasteiger charge is 2.46. The summed E-state index contributed by atoms with van der Waals surface area (Å²) in [6.45, 7) is 1.87. The number of fused-ring (bicyclic) bond motifs is 1. The van der Waals surface area contributed by atoms with Crippen LogP contribution in [0.4, 0.5) is 4.39 Å². The Morgan fingerprint density at radius 1 is 1.22 bits per heavy atom. The number of aromatic nitrogens is 3. The first kappa shape index (κ1) is 18.3. The van der Waals surface area contributed by atoms with Crippen LogP contribution in [0.15, 0.2) is 36.8 Å². The molecule has 1 saturated carbocycles. The van der Waals surface area contributed by atoms with Gasteiger partial charge >= 0.3 is 0 Å². The Morgan fingerprint density at radius 2 is 2.00 bits per heavy atom. The topological polar surface area (TPSA) is 91.4 Å². The maximum absolute atomic E-state index is 13.4. The number of benzene rings is 1. The van der Waals surface area contributed by atoms with E-state index in [0.29, 0.717) is 17.6 Å². The number of aryl methyl sites for hydroxylation is 1. The summed E-state index contributed by atoms with van der Waals surface area (Å²) in [7, 11) is 0. The monoisotopic (exact) mass is 391 g/mol. The van der Waals surface area contributed by atoms with Gasteiger partial charge in [-0.05, 0) is 37.1 Å². The van der Waals surface area contributed by atoms with Crippen molar-refractivity contribution in [2.75, 3.05) is 0 Å². The Balaban J connectivity index is 1.66. The first-order valence-electron chi connectivity index (χ1n) is 8.65. The van der Waals surface area contributed by atoms with E-state index >= 15 is 0 Å². The highest BCUT2D eigenvalue weighted by atomic mass is 35.5. The molecule has 3 N–H and O–H groups in total. The smallest absolute Gasteiger partial charge is 0.143 e. The maximum atomic E-state index is 13.4. The lowest BCUT2D eigenvalue weighted by Crippen LogP contribution is -2.31. The van der Waals surface area contributed by atoms with Gasteiger partial charge in [0.1, 0.15) is 23.9 Å². The Labute approximate surface area is 159 Å². The summed E-state index contributed by atoms with van der Waals surface area (Å²) in [5, 5.41) is 32.6. The third-order valence-corrected chi connectivity index (χ3v) is 5.74. The summed E-state index contributed by atoms with van der Waals surface area (Å²) >= 11 is 5.80. The molecule has 142 valence electrons. The van der Waals surface area contributed by atoms with E-state index in [1.165, 1.54) is 24.5 Å².